The smallest absolute Gasteiger partial charge is 0.255 e. The van der Waals surface area contributed by atoms with Gasteiger partial charge in [-0.2, -0.15) is 0 Å². The molecular weight excluding hydrogens is 500 g/mol. The fourth-order valence-electron chi connectivity index (χ4n) is 5.49. The summed E-state index contributed by atoms with van der Waals surface area (Å²) in [6, 6.07) is 11.6. The zero-order chi connectivity index (χ0) is 27.0. The molecule has 8 nitrogen and oxygen atoms in total. The van der Waals surface area contributed by atoms with Gasteiger partial charge in [0.15, 0.2) is 0 Å². The van der Waals surface area contributed by atoms with E-state index in [4.69, 9.17) is 0 Å². The zero-order valence-electron chi connectivity index (χ0n) is 21.8. The standard InChI is InChI=1S/C29H32N4O4S/c1-17(2)25(33-15-21-7-4-5-8-22(21)28(33)36)29(37)32-12-6-9-23(32)27(35)30-14-20-11-10-19(13-24(20)34)26-18(3)31-16-38-26/h4-5,7-8,10-11,13,16-17,23,25,34H,6,9,12,14-15H2,1-3H3,(H,30,35)/t23-,25-/m0/s1. The molecule has 0 unspecified atom stereocenters. The van der Waals surface area contributed by atoms with Crippen LogP contribution in [0.1, 0.15) is 53.9 Å². The number of aromatic nitrogens is 1. The van der Waals surface area contributed by atoms with E-state index in [-0.39, 0.29) is 35.9 Å². The van der Waals surface area contributed by atoms with E-state index in [0.717, 1.165) is 28.1 Å². The van der Waals surface area contributed by atoms with Gasteiger partial charge in [-0.3, -0.25) is 14.4 Å². The summed E-state index contributed by atoms with van der Waals surface area (Å²) in [6.07, 6.45) is 1.28. The molecule has 3 heterocycles. The van der Waals surface area contributed by atoms with Crippen LogP contribution >= 0.6 is 11.3 Å². The lowest BCUT2D eigenvalue weighted by Crippen LogP contribution is -2.55. The molecule has 3 amide bonds. The van der Waals surface area contributed by atoms with Crippen molar-refractivity contribution in [3.05, 3.63) is 70.4 Å². The summed E-state index contributed by atoms with van der Waals surface area (Å²) >= 11 is 1.51. The Kier molecular flexibility index (Phi) is 7.21. The number of aromatic hydroxyl groups is 1. The van der Waals surface area contributed by atoms with Gasteiger partial charge < -0.3 is 20.2 Å². The Morgan fingerprint density at radius 1 is 1.21 bits per heavy atom. The minimum absolute atomic E-state index is 0.0990. The summed E-state index contributed by atoms with van der Waals surface area (Å²) in [5.74, 6) is -0.591. The third-order valence-corrected chi connectivity index (χ3v) is 8.43. The zero-order valence-corrected chi connectivity index (χ0v) is 22.6. The fourth-order valence-corrected chi connectivity index (χ4v) is 6.29. The number of carbonyl (C=O) groups is 3. The molecule has 9 heteroatoms. The van der Waals surface area contributed by atoms with E-state index < -0.39 is 12.1 Å². The molecule has 1 saturated heterocycles. The summed E-state index contributed by atoms with van der Waals surface area (Å²) in [5.41, 5.74) is 5.71. The number of phenols is 1. The number of hydrogen-bond donors (Lipinski definition) is 2. The first-order valence-corrected chi connectivity index (χ1v) is 13.8. The van der Waals surface area contributed by atoms with Crippen LogP contribution < -0.4 is 5.32 Å². The number of likely N-dealkylation sites (tertiary alicyclic amines) is 1. The largest absolute Gasteiger partial charge is 0.508 e. The van der Waals surface area contributed by atoms with E-state index in [0.29, 0.717) is 30.6 Å². The van der Waals surface area contributed by atoms with Gasteiger partial charge in [0.1, 0.15) is 17.8 Å². The normalized spacial score (nSPS) is 17.7. The first-order valence-electron chi connectivity index (χ1n) is 13.0. The Morgan fingerprint density at radius 2 is 2.00 bits per heavy atom. The second-order valence-electron chi connectivity index (χ2n) is 10.3. The summed E-state index contributed by atoms with van der Waals surface area (Å²) in [4.78, 5) is 48.7. The van der Waals surface area contributed by atoms with Crippen LogP contribution in [0.3, 0.4) is 0 Å². The van der Waals surface area contributed by atoms with Crippen LogP contribution in [0.5, 0.6) is 5.75 Å². The van der Waals surface area contributed by atoms with Gasteiger partial charge in [0.25, 0.3) is 5.91 Å². The van der Waals surface area contributed by atoms with Crippen molar-refractivity contribution in [2.24, 2.45) is 5.92 Å². The van der Waals surface area contributed by atoms with Crippen LogP contribution in [0.2, 0.25) is 0 Å². The first-order chi connectivity index (χ1) is 18.3. The van der Waals surface area contributed by atoms with E-state index in [1.54, 1.807) is 33.5 Å². The Hall–Kier alpha value is -3.72. The molecule has 0 radical (unpaired) electrons. The number of benzene rings is 2. The van der Waals surface area contributed by atoms with E-state index in [1.807, 2.05) is 45.0 Å². The molecule has 3 aromatic rings. The van der Waals surface area contributed by atoms with Gasteiger partial charge in [0.05, 0.1) is 16.1 Å². The number of amides is 3. The summed E-state index contributed by atoms with van der Waals surface area (Å²) in [6.45, 7) is 6.81. The number of hydrogen-bond acceptors (Lipinski definition) is 6. The second kappa shape index (κ2) is 10.6. The molecule has 2 aliphatic heterocycles. The third kappa shape index (κ3) is 4.78. The van der Waals surface area contributed by atoms with Gasteiger partial charge >= 0.3 is 0 Å². The predicted molar refractivity (Wildman–Crippen MR) is 145 cm³/mol. The Morgan fingerprint density at radius 3 is 2.68 bits per heavy atom. The number of thiazole rings is 1. The van der Waals surface area contributed by atoms with Crippen LogP contribution in [-0.4, -0.2) is 56.2 Å². The van der Waals surface area contributed by atoms with Crippen LogP contribution in [0.4, 0.5) is 0 Å². The number of nitrogens with one attached hydrogen (secondary N) is 1. The van der Waals surface area contributed by atoms with Crippen molar-refractivity contribution in [2.75, 3.05) is 6.54 Å². The minimum atomic E-state index is -0.643. The number of rotatable bonds is 7. The molecule has 2 atom stereocenters. The second-order valence-corrected chi connectivity index (χ2v) is 11.2. The van der Waals surface area contributed by atoms with Gasteiger partial charge in [-0.25, -0.2) is 4.98 Å². The van der Waals surface area contributed by atoms with Crippen molar-refractivity contribution in [2.45, 2.75) is 58.8 Å². The maximum Gasteiger partial charge on any atom is 0.255 e. The highest BCUT2D eigenvalue weighted by Gasteiger charge is 2.43. The van der Waals surface area contributed by atoms with Crippen molar-refractivity contribution < 1.29 is 19.5 Å². The van der Waals surface area contributed by atoms with E-state index in [9.17, 15) is 19.5 Å². The molecule has 5 rings (SSSR count). The quantitative estimate of drug-likeness (QED) is 0.477. The number of nitrogens with zero attached hydrogens (tertiary/aromatic N) is 3. The number of carbonyl (C=O) groups excluding carboxylic acids is 3. The average molecular weight is 533 g/mol. The van der Waals surface area contributed by atoms with Crippen LogP contribution in [0, 0.1) is 12.8 Å². The summed E-state index contributed by atoms with van der Waals surface area (Å²) < 4.78 is 0. The SMILES string of the molecule is Cc1ncsc1-c1ccc(CNC(=O)[C@@H]2CCCN2C(=O)[C@H](C(C)C)N2Cc3ccccc3C2=O)c(O)c1. The fraction of sp³-hybridized carbons (Fsp3) is 0.379. The summed E-state index contributed by atoms with van der Waals surface area (Å²) in [5, 5.41) is 13.5. The van der Waals surface area contributed by atoms with Crippen LogP contribution in [-0.2, 0) is 22.7 Å². The maximum absolute atomic E-state index is 13.8. The predicted octanol–water partition coefficient (Wildman–Crippen LogP) is 4.11. The van der Waals surface area contributed by atoms with Crippen molar-refractivity contribution in [3.63, 3.8) is 0 Å². The van der Waals surface area contributed by atoms with Crippen LogP contribution in [0.25, 0.3) is 10.4 Å². The van der Waals surface area contributed by atoms with Crippen molar-refractivity contribution in [1.29, 1.82) is 0 Å². The lowest BCUT2D eigenvalue weighted by Gasteiger charge is -2.35. The van der Waals surface area contributed by atoms with Crippen LogP contribution in [0.15, 0.2) is 48.0 Å². The number of fused-ring (bicyclic) bond motifs is 1. The highest BCUT2D eigenvalue weighted by atomic mass is 32.1. The number of phenolic OH excluding ortho intramolecular Hbond substituents is 1. The van der Waals surface area contributed by atoms with E-state index >= 15 is 0 Å². The average Bonchev–Trinajstić information content (AvgIpc) is 3.63. The van der Waals surface area contributed by atoms with E-state index in [1.165, 1.54) is 11.3 Å². The summed E-state index contributed by atoms with van der Waals surface area (Å²) in [7, 11) is 0. The lowest BCUT2D eigenvalue weighted by atomic mass is 10.0. The molecule has 0 saturated carbocycles. The molecule has 0 spiro atoms. The molecular formula is C29H32N4O4S. The topological polar surface area (TPSA) is 103 Å². The molecule has 1 fully saturated rings. The highest BCUT2D eigenvalue weighted by Crippen LogP contribution is 2.32. The Balaban J connectivity index is 1.27. The maximum atomic E-state index is 13.8. The molecule has 0 aliphatic carbocycles. The van der Waals surface area contributed by atoms with E-state index in [2.05, 4.69) is 10.3 Å². The van der Waals surface area contributed by atoms with Crippen molar-refractivity contribution in [1.82, 2.24) is 20.1 Å². The minimum Gasteiger partial charge on any atom is -0.508 e. The molecule has 2 aliphatic rings. The van der Waals surface area contributed by atoms with Gasteiger partial charge in [-0.05, 0) is 48.9 Å². The van der Waals surface area contributed by atoms with Gasteiger partial charge in [-0.15, -0.1) is 11.3 Å². The molecule has 0 bridgehead atoms. The van der Waals surface area contributed by atoms with Gasteiger partial charge in [0, 0.05) is 30.8 Å². The Labute approximate surface area is 226 Å². The molecule has 38 heavy (non-hydrogen) atoms. The molecule has 2 N–H and O–H groups in total. The first kappa shape index (κ1) is 25.9. The monoisotopic (exact) mass is 532 g/mol. The van der Waals surface area contributed by atoms with Crippen molar-refractivity contribution >= 4 is 29.1 Å². The Bertz CT molecular complexity index is 1380. The number of aryl methyl sites for hydroxylation is 1. The third-order valence-electron chi connectivity index (χ3n) is 7.45. The lowest BCUT2D eigenvalue weighted by molar-refractivity contribution is -0.143. The van der Waals surface area contributed by atoms with Crippen molar-refractivity contribution in [3.8, 4) is 16.2 Å². The molecule has 198 valence electrons. The van der Waals surface area contributed by atoms with Gasteiger partial charge in [0.2, 0.25) is 11.8 Å². The molecule has 2 aromatic carbocycles. The highest BCUT2D eigenvalue weighted by molar-refractivity contribution is 7.13. The van der Waals surface area contributed by atoms with Gasteiger partial charge in [-0.1, -0.05) is 44.2 Å². The molecule has 1 aromatic heterocycles.